The van der Waals surface area contributed by atoms with Gasteiger partial charge in [-0.3, -0.25) is 0 Å². The molecule has 0 spiro atoms. The van der Waals surface area contributed by atoms with Crippen LogP contribution in [0.5, 0.6) is 0 Å². The summed E-state index contributed by atoms with van der Waals surface area (Å²) < 4.78 is 1.79. The molecule has 20 heavy (non-hydrogen) atoms. The van der Waals surface area contributed by atoms with Crippen molar-refractivity contribution in [2.24, 2.45) is 0 Å². The minimum Gasteiger partial charge on any atom is -0.387 e. The van der Waals surface area contributed by atoms with Gasteiger partial charge < -0.3 is 20.6 Å². The first kappa shape index (κ1) is 12.4. The summed E-state index contributed by atoms with van der Waals surface area (Å²) in [6.07, 6.45) is 4.55. The second kappa shape index (κ2) is 5.18. The Morgan fingerprint density at radius 3 is 2.90 bits per heavy atom. The Labute approximate surface area is 115 Å². The first-order valence-corrected chi connectivity index (χ1v) is 6.30. The third-order valence-corrected chi connectivity index (χ3v) is 3.04. The largest absolute Gasteiger partial charge is 0.387 e. The van der Waals surface area contributed by atoms with Gasteiger partial charge in [-0.25, -0.2) is 9.97 Å². The molecule has 0 aliphatic heterocycles. The maximum absolute atomic E-state index is 10.1. The van der Waals surface area contributed by atoms with Crippen molar-refractivity contribution in [1.82, 2.24) is 14.4 Å². The van der Waals surface area contributed by atoms with Crippen molar-refractivity contribution in [3.05, 3.63) is 54.5 Å². The predicted octanol–water partition coefficient (Wildman–Crippen LogP) is 1.46. The number of imidazole rings is 1. The van der Waals surface area contributed by atoms with Crippen LogP contribution in [0.4, 0.5) is 11.6 Å². The van der Waals surface area contributed by atoms with Crippen LogP contribution < -0.4 is 11.1 Å². The second-order valence-corrected chi connectivity index (χ2v) is 4.48. The fraction of sp³-hybridized carbons (Fsp3) is 0.143. The Balaban J connectivity index is 1.78. The van der Waals surface area contributed by atoms with Crippen molar-refractivity contribution in [1.29, 1.82) is 0 Å². The molecule has 1 atom stereocenters. The molecule has 0 bridgehead atoms. The maximum Gasteiger partial charge on any atom is 0.180 e. The van der Waals surface area contributed by atoms with Crippen LogP contribution in [0.2, 0.25) is 0 Å². The zero-order chi connectivity index (χ0) is 13.9. The number of hydrogen-bond acceptors (Lipinski definition) is 5. The van der Waals surface area contributed by atoms with E-state index in [1.54, 1.807) is 23.0 Å². The number of nitrogens with one attached hydrogen (secondary N) is 1. The average Bonchev–Trinajstić information content (AvgIpc) is 2.93. The quantitative estimate of drug-likeness (QED) is 0.667. The Kier molecular flexibility index (Phi) is 3.22. The van der Waals surface area contributed by atoms with Gasteiger partial charge in [-0.2, -0.15) is 0 Å². The Hall–Kier alpha value is -2.60. The van der Waals surface area contributed by atoms with Crippen LogP contribution in [0.1, 0.15) is 11.7 Å². The highest BCUT2D eigenvalue weighted by Gasteiger charge is 2.10. The number of aliphatic hydroxyl groups excluding tert-OH is 1. The molecule has 0 amide bonds. The van der Waals surface area contributed by atoms with Crippen molar-refractivity contribution in [2.45, 2.75) is 6.10 Å². The van der Waals surface area contributed by atoms with Gasteiger partial charge in [-0.05, 0) is 5.56 Å². The van der Waals surface area contributed by atoms with Crippen LogP contribution >= 0.6 is 0 Å². The lowest BCUT2D eigenvalue weighted by Crippen LogP contribution is -2.14. The molecule has 0 aliphatic rings. The molecular formula is C14H15N5O. The van der Waals surface area contributed by atoms with Crippen molar-refractivity contribution < 1.29 is 5.11 Å². The van der Waals surface area contributed by atoms with Crippen LogP contribution in [0.3, 0.4) is 0 Å². The summed E-state index contributed by atoms with van der Waals surface area (Å²) in [5, 5.41) is 13.2. The van der Waals surface area contributed by atoms with Crippen molar-refractivity contribution in [2.75, 3.05) is 17.6 Å². The van der Waals surface area contributed by atoms with Crippen molar-refractivity contribution >= 4 is 17.3 Å². The average molecular weight is 269 g/mol. The maximum atomic E-state index is 10.1. The van der Waals surface area contributed by atoms with Crippen LogP contribution in [0, 0.1) is 0 Å². The molecular weight excluding hydrogens is 254 g/mol. The number of benzene rings is 1. The summed E-state index contributed by atoms with van der Waals surface area (Å²) in [5.74, 6) is 0.956. The van der Waals surface area contributed by atoms with Gasteiger partial charge in [-0.15, -0.1) is 0 Å². The van der Waals surface area contributed by atoms with E-state index in [4.69, 9.17) is 5.73 Å². The number of hydrogen-bond donors (Lipinski definition) is 3. The van der Waals surface area contributed by atoms with Gasteiger partial charge in [0.1, 0.15) is 5.82 Å². The minimum atomic E-state index is -0.616. The topological polar surface area (TPSA) is 88.5 Å². The predicted molar refractivity (Wildman–Crippen MR) is 77.3 cm³/mol. The summed E-state index contributed by atoms with van der Waals surface area (Å²) in [6.45, 7) is 0.336. The van der Waals surface area contributed by atoms with E-state index in [2.05, 4.69) is 15.3 Å². The van der Waals surface area contributed by atoms with E-state index in [0.29, 0.717) is 23.8 Å². The first-order chi connectivity index (χ1) is 9.74. The van der Waals surface area contributed by atoms with Gasteiger partial charge >= 0.3 is 0 Å². The molecule has 1 unspecified atom stereocenters. The zero-order valence-corrected chi connectivity index (χ0v) is 10.8. The lowest BCUT2D eigenvalue weighted by Gasteiger charge is -2.13. The summed E-state index contributed by atoms with van der Waals surface area (Å²) in [4.78, 5) is 8.42. The summed E-state index contributed by atoms with van der Waals surface area (Å²) in [7, 11) is 0. The Morgan fingerprint density at radius 2 is 2.10 bits per heavy atom. The molecule has 3 aromatic rings. The fourth-order valence-corrected chi connectivity index (χ4v) is 2.06. The van der Waals surface area contributed by atoms with E-state index in [9.17, 15) is 5.11 Å². The van der Waals surface area contributed by atoms with Gasteiger partial charge in [0, 0.05) is 18.9 Å². The molecule has 6 heteroatoms. The van der Waals surface area contributed by atoms with Crippen molar-refractivity contribution in [3.8, 4) is 0 Å². The number of aromatic nitrogens is 3. The van der Waals surface area contributed by atoms with E-state index in [1.807, 2.05) is 30.3 Å². The summed E-state index contributed by atoms with van der Waals surface area (Å²) in [5.41, 5.74) is 7.27. The molecule has 102 valence electrons. The number of anilines is 2. The Morgan fingerprint density at radius 1 is 1.30 bits per heavy atom. The number of fused-ring (bicyclic) bond motifs is 1. The highest BCUT2D eigenvalue weighted by molar-refractivity contribution is 5.64. The standard InChI is InChI=1S/C14H15N5O/c15-12-9-19-7-6-16-14(19)13(18-12)17-8-11(20)10-4-2-1-3-5-10/h1-7,9,11,20H,8,15H2,(H,17,18). The van der Waals surface area contributed by atoms with E-state index in [0.717, 1.165) is 5.56 Å². The Bertz CT molecular complexity index is 710. The monoisotopic (exact) mass is 269 g/mol. The molecule has 4 N–H and O–H groups in total. The molecule has 0 fully saturated rings. The van der Waals surface area contributed by atoms with E-state index in [1.165, 1.54) is 0 Å². The van der Waals surface area contributed by atoms with Crippen LogP contribution in [-0.2, 0) is 0 Å². The fourth-order valence-electron chi connectivity index (χ4n) is 2.06. The molecule has 6 nitrogen and oxygen atoms in total. The lowest BCUT2D eigenvalue weighted by atomic mass is 10.1. The number of nitrogen functional groups attached to an aromatic ring is 1. The van der Waals surface area contributed by atoms with Crippen LogP contribution in [-0.4, -0.2) is 26.0 Å². The van der Waals surface area contributed by atoms with Gasteiger partial charge in [-0.1, -0.05) is 30.3 Å². The third-order valence-electron chi connectivity index (χ3n) is 3.04. The molecule has 3 rings (SSSR count). The normalized spacial score (nSPS) is 12.4. The summed E-state index contributed by atoms with van der Waals surface area (Å²) >= 11 is 0. The number of rotatable bonds is 4. The van der Waals surface area contributed by atoms with Crippen molar-refractivity contribution in [3.63, 3.8) is 0 Å². The van der Waals surface area contributed by atoms with Crippen LogP contribution in [0.25, 0.3) is 5.65 Å². The molecule has 0 saturated heterocycles. The highest BCUT2D eigenvalue weighted by Crippen LogP contribution is 2.17. The van der Waals surface area contributed by atoms with Gasteiger partial charge in [0.05, 0.1) is 12.3 Å². The number of nitrogens with zero attached hydrogens (tertiary/aromatic N) is 3. The molecule has 2 heterocycles. The van der Waals surface area contributed by atoms with E-state index >= 15 is 0 Å². The molecule has 0 aliphatic carbocycles. The summed E-state index contributed by atoms with van der Waals surface area (Å²) in [6, 6.07) is 9.46. The van der Waals surface area contributed by atoms with Gasteiger partial charge in [0.15, 0.2) is 11.5 Å². The SMILES string of the molecule is Nc1cn2ccnc2c(NCC(O)c2ccccc2)n1. The highest BCUT2D eigenvalue weighted by atomic mass is 16.3. The molecule has 2 aromatic heterocycles. The van der Waals surface area contributed by atoms with E-state index < -0.39 is 6.10 Å². The molecule has 1 aromatic carbocycles. The van der Waals surface area contributed by atoms with Crippen LogP contribution in [0.15, 0.2) is 48.9 Å². The van der Waals surface area contributed by atoms with E-state index in [-0.39, 0.29) is 0 Å². The molecule has 0 radical (unpaired) electrons. The smallest absolute Gasteiger partial charge is 0.180 e. The molecule has 0 saturated carbocycles. The second-order valence-electron chi connectivity index (χ2n) is 4.48. The minimum absolute atomic E-state index is 0.336. The van der Waals surface area contributed by atoms with Gasteiger partial charge in [0.25, 0.3) is 0 Å². The lowest BCUT2D eigenvalue weighted by molar-refractivity contribution is 0.191. The number of aliphatic hydroxyl groups is 1. The zero-order valence-electron chi connectivity index (χ0n) is 10.8. The third kappa shape index (κ3) is 2.41. The number of nitrogens with two attached hydrogens (primary N) is 1. The first-order valence-electron chi connectivity index (χ1n) is 6.30. The van der Waals surface area contributed by atoms with Gasteiger partial charge in [0.2, 0.25) is 0 Å².